The number of fused-ring (bicyclic) bond motifs is 1. The number of nitrogens with zero attached hydrogens (tertiary/aromatic N) is 1. The second-order valence-electron chi connectivity index (χ2n) is 4.47. The molecular formula is C13H12F3NO. The zero-order valence-corrected chi connectivity index (χ0v) is 9.70. The van der Waals surface area contributed by atoms with Gasteiger partial charge in [-0.2, -0.15) is 13.2 Å². The molecule has 2 nitrogen and oxygen atoms in total. The maximum Gasteiger partial charge on any atom is 0.392 e. The summed E-state index contributed by atoms with van der Waals surface area (Å²) in [5.74, 6) is 0. The number of aromatic nitrogens is 1. The van der Waals surface area contributed by atoms with E-state index in [0.29, 0.717) is 10.8 Å². The first-order chi connectivity index (χ1) is 8.30. The van der Waals surface area contributed by atoms with E-state index in [9.17, 15) is 18.3 Å². The van der Waals surface area contributed by atoms with Crippen molar-refractivity contribution in [2.24, 2.45) is 0 Å². The van der Waals surface area contributed by atoms with Crippen molar-refractivity contribution >= 4 is 10.8 Å². The van der Waals surface area contributed by atoms with Crippen molar-refractivity contribution < 1.29 is 18.3 Å². The van der Waals surface area contributed by atoms with Crippen LogP contribution in [0.25, 0.3) is 10.8 Å². The van der Waals surface area contributed by atoms with E-state index >= 15 is 0 Å². The monoisotopic (exact) mass is 255 g/mol. The SMILES string of the molecule is CC(O)(CC(F)(F)F)c1cccc2cnccc12. The zero-order valence-electron chi connectivity index (χ0n) is 9.70. The Morgan fingerprint density at radius 1 is 1.22 bits per heavy atom. The van der Waals surface area contributed by atoms with Gasteiger partial charge in [-0.25, -0.2) is 0 Å². The van der Waals surface area contributed by atoms with Crippen LogP contribution < -0.4 is 0 Å². The minimum Gasteiger partial charge on any atom is -0.385 e. The molecule has 0 saturated heterocycles. The molecule has 0 aliphatic rings. The lowest BCUT2D eigenvalue weighted by atomic mass is 9.89. The number of aliphatic hydroxyl groups is 1. The van der Waals surface area contributed by atoms with Crippen LogP contribution in [0.3, 0.4) is 0 Å². The second-order valence-corrected chi connectivity index (χ2v) is 4.47. The number of halogens is 3. The standard InChI is InChI=1S/C13H12F3NO/c1-12(18,8-13(14,15)16)11-4-2-3-9-7-17-6-5-10(9)11/h2-7,18H,8H2,1H3. The van der Waals surface area contributed by atoms with Crippen LogP contribution in [0.5, 0.6) is 0 Å². The van der Waals surface area contributed by atoms with Crippen molar-refractivity contribution in [1.82, 2.24) is 4.98 Å². The second kappa shape index (κ2) is 4.24. The van der Waals surface area contributed by atoms with Gasteiger partial charge in [-0.15, -0.1) is 0 Å². The Morgan fingerprint density at radius 3 is 2.61 bits per heavy atom. The Hall–Kier alpha value is -1.62. The molecule has 1 N–H and O–H groups in total. The molecule has 1 heterocycles. The molecule has 0 spiro atoms. The Labute approximate surface area is 102 Å². The van der Waals surface area contributed by atoms with Gasteiger partial charge in [-0.3, -0.25) is 4.98 Å². The predicted octanol–water partition coefficient (Wildman–Crippen LogP) is 3.39. The molecule has 0 bridgehead atoms. The van der Waals surface area contributed by atoms with E-state index in [-0.39, 0.29) is 5.56 Å². The first-order valence-electron chi connectivity index (χ1n) is 5.42. The van der Waals surface area contributed by atoms with Crippen molar-refractivity contribution in [2.75, 3.05) is 0 Å². The highest BCUT2D eigenvalue weighted by Gasteiger charge is 2.39. The molecular weight excluding hydrogens is 243 g/mol. The first-order valence-corrected chi connectivity index (χ1v) is 5.42. The molecule has 0 aliphatic carbocycles. The van der Waals surface area contributed by atoms with Gasteiger partial charge in [-0.1, -0.05) is 18.2 Å². The summed E-state index contributed by atoms with van der Waals surface area (Å²) in [5, 5.41) is 11.4. The van der Waals surface area contributed by atoms with Gasteiger partial charge in [0.05, 0.1) is 12.0 Å². The fraction of sp³-hybridized carbons (Fsp3) is 0.308. The molecule has 18 heavy (non-hydrogen) atoms. The van der Waals surface area contributed by atoms with Gasteiger partial charge in [-0.05, 0) is 23.9 Å². The van der Waals surface area contributed by atoms with Crippen LogP contribution in [0.1, 0.15) is 18.9 Å². The summed E-state index contributed by atoms with van der Waals surface area (Å²) in [4.78, 5) is 3.91. The number of hydrogen-bond acceptors (Lipinski definition) is 2. The lowest BCUT2D eigenvalue weighted by Gasteiger charge is -2.26. The van der Waals surface area contributed by atoms with E-state index in [1.165, 1.54) is 19.2 Å². The Bertz CT molecular complexity index is 558. The smallest absolute Gasteiger partial charge is 0.385 e. The molecule has 1 unspecified atom stereocenters. The molecule has 1 atom stereocenters. The van der Waals surface area contributed by atoms with Crippen LogP contribution in [-0.4, -0.2) is 16.3 Å². The van der Waals surface area contributed by atoms with Crippen molar-refractivity contribution in [1.29, 1.82) is 0 Å². The van der Waals surface area contributed by atoms with E-state index in [1.807, 2.05) is 0 Å². The topological polar surface area (TPSA) is 33.1 Å². The van der Waals surface area contributed by atoms with E-state index in [1.54, 1.807) is 24.4 Å². The van der Waals surface area contributed by atoms with Crippen LogP contribution in [0.4, 0.5) is 13.2 Å². The summed E-state index contributed by atoms with van der Waals surface area (Å²) in [5.41, 5.74) is -1.68. The fourth-order valence-electron chi connectivity index (χ4n) is 2.08. The van der Waals surface area contributed by atoms with E-state index in [0.717, 1.165) is 0 Å². The third kappa shape index (κ3) is 2.61. The summed E-state index contributed by atoms with van der Waals surface area (Å²) < 4.78 is 37.4. The number of benzene rings is 1. The quantitative estimate of drug-likeness (QED) is 0.892. The number of pyridine rings is 1. The minimum atomic E-state index is -4.42. The summed E-state index contributed by atoms with van der Waals surface area (Å²) >= 11 is 0. The van der Waals surface area contributed by atoms with Crippen LogP contribution in [0.15, 0.2) is 36.7 Å². The van der Waals surface area contributed by atoms with Gasteiger partial charge in [0.25, 0.3) is 0 Å². The van der Waals surface area contributed by atoms with Gasteiger partial charge in [0, 0.05) is 17.8 Å². The molecule has 0 saturated carbocycles. The summed E-state index contributed by atoms with van der Waals surface area (Å²) in [6.45, 7) is 1.18. The third-order valence-corrected chi connectivity index (χ3v) is 2.81. The number of rotatable bonds is 2. The average molecular weight is 255 g/mol. The summed E-state index contributed by atoms with van der Waals surface area (Å²) in [7, 11) is 0. The Kier molecular flexibility index (Phi) is 3.02. The average Bonchev–Trinajstić information content (AvgIpc) is 2.25. The molecule has 96 valence electrons. The normalized spacial score (nSPS) is 15.6. The lowest BCUT2D eigenvalue weighted by molar-refractivity contribution is -0.174. The number of alkyl halides is 3. The Morgan fingerprint density at radius 2 is 1.94 bits per heavy atom. The highest BCUT2D eigenvalue weighted by Crippen LogP contribution is 2.37. The van der Waals surface area contributed by atoms with Crippen molar-refractivity contribution in [3.63, 3.8) is 0 Å². The van der Waals surface area contributed by atoms with Crippen LogP contribution >= 0.6 is 0 Å². The lowest BCUT2D eigenvalue weighted by Crippen LogP contribution is -2.29. The first kappa shape index (κ1) is 12.8. The molecule has 0 amide bonds. The fourth-order valence-corrected chi connectivity index (χ4v) is 2.08. The van der Waals surface area contributed by atoms with E-state index in [2.05, 4.69) is 4.98 Å². The van der Waals surface area contributed by atoms with Crippen molar-refractivity contribution in [3.05, 3.63) is 42.2 Å². The van der Waals surface area contributed by atoms with Crippen LogP contribution in [0.2, 0.25) is 0 Å². The number of hydrogen-bond donors (Lipinski definition) is 1. The van der Waals surface area contributed by atoms with Crippen molar-refractivity contribution in [2.45, 2.75) is 25.1 Å². The molecule has 0 fully saturated rings. The predicted molar refractivity (Wildman–Crippen MR) is 62.0 cm³/mol. The van der Waals surface area contributed by atoms with Crippen LogP contribution in [-0.2, 0) is 5.60 Å². The molecule has 0 radical (unpaired) electrons. The Balaban J connectivity index is 2.53. The molecule has 2 aromatic rings. The summed E-state index contributed by atoms with van der Waals surface area (Å²) in [6, 6.07) is 6.48. The maximum atomic E-state index is 12.5. The van der Waals surface area contributed by atoms with Gasteiger partial charge < -0.3 is 5.11 Å². The van der Waals surface area contributed by atoms with E-state index in [4.69, 9.17) is 0 Å². The largest absolute Gasteiger partial charge is 0.392 e. The molecule has 1 aromatic carbocycles. The highest BCUT2D eigenvalue weighted by molar-refractivity contribution is 5.85. The molecule has 2 rings (SSSR count). The van der Waals surface area contributed by atoms with Crippen LogP contribution in [0, 0.1) is 0 Å². The zero-order chi connectivity index (χ0) is 13.4. The van der Waals surface area contributed by atoms with E-state index < -0.39 is 18.2 Å². The molecule has 0 aliphatic heterocycles. The highest BCUT2D eigenvalue weighted by atomic mass is 19.4. The summed E-state index contributed by atoms with van der Waals surface area (Å²) in [6.07, 6.45) is -2.64. The molecule has 5 heteroatoms. The van der Waals surface area contributed by atoms with Crippen molar-refractivity contribution in [3.8, 4) is 0 Å². The van der Waals surface area contributed by atoms with Gasteiger partial charge in [0.2, 0.25) is 0 Å². The van der Waals surface area contributed by atoms with Gasteiger partial charge in [0.1, 0.15) is 0 Å². The third-order valence-electron chi connectivity index (χ3n) is 2.81. The minimum absolute atomic E-state index is 0.264. The molecule has 1 aromatic heterocycles. The van der Waals surface area contributed by atoms with Gasteiger partial charge in [0.15, 0.2) is 0 Å². The van der Waals surface area contributed by atoms with Gasteiger partial charge >= 0.3 is 6.18 Å². The maximum absolute atomic E-state index is 12.5.